The predicted octanol–water partition coefficient (Wildman–Crippen LogP) is 3.18. The van der Waals surface area contributed by atoms with Gasteiger partial charge in [0.25, 0.3) is 10.0 Å². The third kappa shape index (κ3) is 2.64. The summed E-state index contributed by atoms with van der Waals surface area (Å²) in [6.07, 6.45) is 2.72. The van der Waals surface area contributed by atoms with Crippen LogP contribution >= 0.6 is 11.6 Å². The Labute approximate surface area is 124 Å². The number of pyridine rings is 1. The van der Waals surface area contributed by atoms with Crippen molar-refractivity contribution in [3.05, 3.63) is 52.8 Å². The number of aromatic nitrogens is 1. The van der Waals surface area contributed by atoms with Gasteiger partial charge in [-0.3, -0.25) is 9.29 Å². The molecule has 0 aliphatic heterocycles. The molecular formula is C14H15ClN2O2S. The lowest BCUT2D eigenvalue weighted by atomic mass is 10.1. The molecule has 0 aliphatic rings. The van der Waals surface area contributed by atoms with Crippen LogP contribution in [0, 0.1) is 13.8 Å². The van der Waals surface area contributed by atoms with Gasteiger partial charge in [0.1, 0.15) is 4.90 Å². The van der Waals surface area contributed by atoms with Crippen molar-refractivity contribution in [3.63, 3.8) is 0 Å². The van der Waals surface area contributed by atoms with E-state index in [9.17, 15) is 8.42 Å². The molecule has 1 aromatic carbocycles. The third-order valence-corrected chi connectivity index (χ3v) is 5.30. The van der Waals surface area contributed by atoms with E-state index in [2.05, 4.69) is 4.98 Å². The number of benzene rings is 1. The highest BCUT2D eigenvalue weighted by Crippen LogP contribution is 2.28. The fourth-order valence-corrected chi connectivity index (χ4v) is 3.65. The number of rotatable bonds is 3. The van der Waals surface area contributed by atoms with Crippen LogP contribution in [0.1, 0.15) is 11.1 Å². The highest BCUT2D eigenvalue weighted by molar-refractivity contribution is 7.93. The van der Waals surface area contributed by atoms with Gasteiger partial charge >= 0.3 is 0 Å². The van der Waals surface area contributed by atoms with Crippen LogP contribution in [0.5, 0.6) is 0 Å². The van der Waals surface area contributed by atoms with Gasteiger partial charge in [0.05, 0.1) is 10.7 Å². The fraction of sp³-hybridized carbons (Fsp3) is 0.214. The van der Waals surface area contributed by atoms with Crippen LogP contribution < -0.4 is 4.31 Å². The first kappa shape index (κ1) is 14.8. The highest BCUT2D eigenvalue weighted by atomic mass is 35.5. The van der Waals surface area contributed by atoms with Gasteiger partial charge in [0.2, 0.25) is 0 Å². The van der Waals surface area contributed by atoms with Crippen molar-refractivity contribution in [1.29, 1.82) is 0 Å². The minimum absolute atomic E-state index is 0.00383. The van der Waals surface area contributed by atoms with Crippen LogP contribution in [0.2, 0.25) is 5.02 Å². The molecule has 0 amide bonds. The van der Waals surface area contributed by atoms with Crippen molar-refractivity contribution in [2.24, 2.45) is 0 Å². The van der Waals surface area contributed by atoms with Crippen molar-refractivity contribution < 1.29 is 8.42 Å². The predicted molar refractivity (Wildman–Crippen MR) is 80.8 cm³/mol. The van der Waals surface area contributed by atoms with Gasteiger partial charge in [-0.2, -0.15) is 0 Å². The lowest BCUT2D eigenvalue weighted by Gasteiger charge is -2.22. The molecule has 0 saturated heterocycles. The molecule has 0 spiro atoms. The van der Waals surface area contributed by atoms with Gasteiger partial charge in [-0.15, -0.1) is 0 Å². The Bertz CT molecular complexity index is 745. The normalized spacial score (nSPS) is 11.4. The summed E-state index contributed by atoms with van der Waals surface area (Å²) >= 11 is 5.96. The second kappa shape index (κ2) is 5.42. The highest BCUT2D eigenvalue weighted by Gasteiger charge is 2.25. The molecule has 0 N–H and O–H groups in total. The zero-order valence-corrected chi connectivity index (χ0v) is 13.0. The van der Waals surface area contributed by atoms with Crippen LogP contribution in [-0.2, 0) is 10.0 Å². The standard InChI is InChI=1S/C14H15ClN2O2S/c1-10-4-5-13(11(2)8-10)17(3)20(18,19)14-9-16-7-6-12(14)15/h4-9H,1-3H3. The second-order valence-corrected chi connectivity index (χ2v) is 6.91. The summed E-state index contributed by atoms with van der Waals surface area (Å²) in [6.45, 7) is 3.84. The number of hydrogen-bond donors (Lipinski definition) is 0. The van der Waals surface area contributed by atoms with Crippen LogP contribution in [-0.4, -0.2) is 20.4 Å². The van der Waals surface area contributed by atoms with E-state index in [1.54, 1.807) is 6.07 Å². The average Bonchev–Trinajstić information content (AvgIpc) is 2.38. The Hall–Kier alpha value is -1.59. The van der Waals surface area contributed by atoms with Gasteiger partial charge < -0.3 is 0 Å². The van der Waals surface area contributed by atoms with Crippen molar-refractivity contribution in [2.45, 2.75) is 18.7 Å². The SMILES string of the molecule is Cc1ccc(N(C)S(=O)(=O)c2cnccc2Cl)c(C)c1. The number of aryl methyl sites for hydroxylation is 2. The first-order valence-corrected chi connectivity index (χ1v) is 7.81. The Morgan fingerprint density at radius 2 is 1.90 bits per heavy atom. The van der Waals surface area contributed by atoms with Crippen molar-refractivity contribution >= 4 is 27.3 Å². The molecule has 0 fully saturated rings. The smallest absolute Gasteiger partial charge is 0.267 e. The second-order valence-electron chi connectivity index (χ2n) is 4.57. The molecular weight excluding hydrogens is 296 g/mol. The largest absolute Gasteiger partial charge is 0.269 e. The molecule has 0 saturated carbocycles. The molecule has 0 unspecified atom stereocenters. The molecule has 106 valence electrons. The molecule has 2 aromatic rings. The lowest BCUT2D eigenvalue weighted by molar-refractivity contribution is 0.594. The zero-order valence-electron chi connectivity index (χ0n) is 11.5. The number of sulfonamides is 1. The van der Waals surface area contributed by atoms with Crippen molar-refractivity contribution in [3.8, 4) is 0 Å². The van der Waals surface area contributed by atoms with Crippen LogP contribution in [0.3, 0.4) is 0 Å². The quantitative estimate of drug-likeness (QED) is 0.875. The summed E-state index contributed by atoms with van der Waals surface area (Å²) in [5.74, 6) is 0. The van der Waals surface area contributed by atoms with Gasteiger partial charge in [-0.25, -0.2) is 8.42 Å². The average molecular weight is 311 g/mol. The molecule has 1 aromatic heterocycles. The number of hydrogen-bond acceptors (Lipinski definition) is 3. The Kier molecular flexibility index (Phi) is 4.01. The molecule has 6 heteroatoms. The summed E-state index contributed by atoms with van der Waals surface area (Å²) in [4.78, 5) is 3.84. The lowest BCUT2D eigenvalue weighted by Crippen LogP contribution is -2.27. The minimum atomic E-state index is -3.72. The molecule has 0 radical (unpaired) electrons. The summed E-state index contributed by atoms with van der Waals surface area (Å²) in [5, 5.41) is 0.164. The number of anilines is 1. The van der Waals surface area contributed by atoms with E-state index in [4.69, 9.17) is 11.6 Å². The molecule has 1 heterocycles. The minimum Gasteiger partial charge on any atom is -0.269 e. The molecule has 2 rings (SSSR count). The number of halogens is 1. The van der Waals surface area contributed by atoms with E-state index in [0.29, 0.717) is 5.69 Å². The van der Waals surface area contributed by atoms with E-state index >= 15 is 0 Å². The van der Waals surface area contributed by atoms with E-state index in [1.807, 2.05) is 26.0 Å². The summed E-state index contributed by atoms with van der Waals surface area (Å²) in [7, 11) is -2.21. The third-order valence-electron chi connectivity index (χ3n) is 3.06. The van der Waals surface area contributed by atoms with Crippen molar-refractivity contribution in [2.75, 3.05) is 11.4 Å². The maximum atomic E-state index is 12.6. The molecule has 0 atom stereocenters. The zero-order chi connectivity index (χ0) is 14.9. The van der Waals surface area contributed by atoms with Crippen LogP contribution in [0.4, 0.5) is 5.69 Å². The van der Waals surface area contributed by atoms with Crippen molar-refractivity contribution in [1.82, 2.24) is 4.98 Å². The van der Waals surface area contributed by atoms with E-state index in [0.717, 1.165) is 11.1 Å². The van der Waals surface area contributed by atoms with Gasteiger partial charge in [-0.1, -0.05) is 29.3 Å². The molecule has 0 bridgehead atoms. The van der Waals surface area contributed by atoms with Crippen LogP contribution in [0.25, 0.3) is 0 Å². The summed E-state index contributed by atoms with van der Waals surface area (Å²) < 4.78 is 26.4. The summed E-state index contributed by atoms with van der Waals surface area (Å²) in [5.41, 5.74) is 2.59. The van der Waals surface area contributed by atoms with Gasteiger partial charge in [-0.05, 0) is 31.5 Å². The molecule has 4 nitrogen and oxygen atoms in total. The fourth-order valence-electron chi connectivity index (χ4n) is 1.99. The topological polar surface area (TPSA) is 50.3 Å². The molecule has 0 aliphatic carbocycles. The Morgan fingerprint density at radius 3 is 2.50 bits per heavy atom. The Morgan fingerprint density at radius 1 is 1.20 bits per heavy atom. The van der Waals surface area contributed by atoms with E-state index < -0.39 is 10.0 Å². The first-order valence-electron chi connectivity index (χ1n) is 5.99. The molecule has 20 heavy (non-hydrogen) atoms. The van der Waals surface area contributed by atoms with E-state index in [-0.39, 0.29) is 9.92 Å². The monoisotopic (exact) mass is 310 g/mol. The van der Waals surface area contributed by atoms with Gasteiger partial charge in [0.15, 0.2) is 0 Å². The number of nitrogens with zero attached hydrogens (tertiary/aromatic N) is 2. The van der Waals surface area contributed by atoms with Crippen LogP contribution in [0.15, 0.2) is 41.6 Å². The maximum Gasteiger partial charge on any atom is 0.267 e. The summed E-state index contributed by atoms with van der Waals surface area (Å²) in [6, 6.07) is 7.06. The Balaban J connectivity index is 2.52. The van der Waals surface area contributed by atoms with Gasteiger partial charge in [0, 0.05) is 19.4 Å². The first-order chi connectivity index (χ1) is 9.34. The maximum absolute atomic E-state index is 12.6. The van der Waals surface area contributed by atoms with E-state index in [1.165, 1.54) is 29.8 Å².